The van der Waals surface area contributed by atoms with Crippen LogP contribution in [0.15, 0.2) is 29.2 Å². The summed E-state index contributed by atoms with van der Waals surface area (Å²) in [5.41, 5.74) is -0.619. The van der Waals surface area contributed by atoms with E-state index in [-0.39, 0.29) is 10.6 Å². The molecular weight excluding hydrogens is 254 g/mol. The maximum atomic E-state index is 12.1. The summed E-state index contributed by atoms with van der Waals surface area (Å²) in [4.78, 5) is 11.7. The molecule has 0 bridgehead atoms. The van der Waals surface area contributed by atoms with Gasteiger partial charge in [-0.05, 0) is 32.9 Å². The number of hydrogen-bond acceptors (Lipinski definition) is 4. The van der Waals surface area contributed by atoms with Crippen molar-refractivity contribution < 1.29 is 17.9 Å². The van der Waals surface area contributed by atoms with Crippen LogP contribution in [0.4, 0.5) is 4.79 Å². The Labute approximate surface area is 107 Å². The number of amides is 1. The zero-order valence-electron chi connectivity index (χ0n) is 10.9. The van der Waals surface area contributed by atoms with Gasteiger partial charge < -0.3 is 10.1 Å². The van der Waals surface area contributed by atoms with E-state index in [2.05, 4.69) is 5.32 Å². The smallest absolute Gasteiger partial charge is 0.341 e. The molecule has 0 fully saturated rings. The van der Waals surface area contributed by atoms with Crippen molar-refractivity contribution in [3.63, 3.8) is 0 Å². The van der Waals surface area contributed by atoms with Crippen LogP contribution in [-0.2, 0) is 9.84 Å². The van der Waals surface area contributed by atoms with Crippen molar-refractivity contribution in [2.45, 2.75) is 31.2 Å². The number of hydrogen-bond donors (Lipinski definition) is 1. The highest BCUT2D eigenvalue weighted by Crippen LogP contribution is 2.24. The van der Waals surface area contributed by atoms with E-state index in [1.807, 2.05) is 0 Å². The highest BCUT2D eigenvalue weighted by atomic mass is 32.2. The van der Waals surface area contributed by atoms with Crippen LogP contribution in [0.1, 0.15) is 20.8 Å². The summed E-state index contributed by atoms with van der Waals surface area (Å²) in [6.45, 7) is 5.13. The van der Waals surface area contributed by atoms with Crippen molar-refractivity contribution >= 4 is 15.1 Å². The Balaban J connectivity index is 3.18. The van der Waals surface area contributed by atoms with E-state index in [1.54, 1.807) is 32.9 Å². The quantitative estimate of drug-likeness (QED) is 0.892. The second-order valence-electron chi connectivity index (χ2n) is 4.82. The Morgan fingerprint density at radius 3 is 2.28 bits per heavy atom. The lowest BCUT2D eigenvalue weighted by molar-refractivity contribution is 0.250. The highest BCUT2D eigenvalue weighted by molar-refractivity contribution is 8.06. The molecule has 0 aliphatic carbocycles. The van der Waals surface area contributed by atoms with E-state index in [9.17, 15) is 13.2 Å². The monoisotopic (exact) mass is 271 g/mol. The predicted octanol–water partition coefficient (Wildman–Crippen LogP) is 1.98. The number of para-hydroxylation sites is 1. The molecule has 1 aromatic rings. The van der Waals surface area contributed by atoms with Gasteiger partial charge in [-0.25, -0.2) is 8.42 Å². The minimum absolute atomic E-state index is 0.130. The summed E-state index contributed by atoms with van der Waals surface area (Å²) < 4.78 is 29.1. The van der Waals surface area contributed by atoms with E-state index < -0.39 is 20.6 Å². The predicted molar refractivity (Wildman–Crippen MR) is 68.5 cm³/mol. The minimum atomic E-state index is -4.09. The van der Waals surface area contributed by atoms with E-state index in [1.165, 1.54) is 19.2 Å². The van der Waals surface area contributed by atoms with Crippen LogP contribution in [0.5, 0.6) is 5.75 Å². The standard InChI is InChI=1S/C12H17NO4S/c1-12(2,3)13-11(14)18(15,16)10-8-6-5-7-9(10)17-4/h5-8H,1-4H3,(H,13,14). The molecule has 1 N–H and O–H groups in total. The zero-order valence-corrected chi connectivity index (χ0v) is 11.7. The topological polar surface area (TPSA) is 72.5 Å². The molecule has 1 aromatic carbocycles. The van der Waals surface area contributed by atoms with Gasteiger partial charge in [0, 0.05) is 5.54 Å². The Kier molecular flexibility index (Phi) is 4.01. The normalized spacial score (nSPS) is 12.0. The molecule has 0 saturated heterocycles. The molecule has 0 radical (unpaired) electrons. The van der Waals surface area contributed by atoms with Gasteiger partial charge in [-0.2, -0.15) is 0 Å². The number of methoxy groups -OCH3 is 1. The van der Waals surface area contributed by atoms with Gasteiger partial charge in [-0.1, -0.05) is 12.1 Å². The Morgan fingerprint density at radius 2 is 1.78 bits per heavy atom. The number of nitrogens with one attached hydrogen (secondary N) is 1. The molecule has 0 aliphatic heterocycles. The molecule has 1 amide bonds. The van der Waals surface area contributed by atoms with Crippen LogP contribution < -0.4 is 10.1 Å². The minimum Gasteiger partial charge on any atom is -0.495 e. The molecule has 0 spiro atoms. The van der Waals surface area contributed by atoms with E-state index >= 15 is 0 Å². The highest BCUT2D eigenvalue weighted by Gasteiger charge is 2.30. The summed E-state index contributed by atoms with van der Waals surface area (Å²) in [7, 11) is -2.73. The molecule has 0 saturated carbocycles. The molecule has 0 unspecified atom stereocenters. The second-order valence-corrected chi connectivity index (χ2v) is 6.63. The van der Waals surface area contributed by atoms with Crippen molar-refractivity contribution in [1.82, 2.24) is 5.32 Å². The van der Waals surface area contributed by atoms with Crippen molar-refractivity contribution in [1.29, 1.82) is 0 Å². The van der Waals surface area contributed by atoms with Gasteiger partial charge in [0.2, 0.25) is 0 Å². The van der Waals surface area contributed by atoms with Gasteiger partial charge in [0.15, 0.2) is 0 Å². The molecule has 1 rings (SSSR count). The molecule has 5 nitrogen and oxygen atoms in total. The molecule has 18 heavy (non-hydrogen) atoms. The summed E-state index contributed by atoms with van der Waals surface area (Å²) in [6, 6.07) is 6.02. The third-order valence-electron chi connectivity index (χ3n) is 2.08. The lowest BCUT2D eigenvalue weighted by Gasteiger charge is -2.20. The van der Waals surface area contributed by atoms with E-state index in [4.69, 9.17) is 4.74 Å². The first-order valence-corrected chi connectivity index (χ1v) is 6.87. The first-order valence-electron chi connectivity index (χ1n) is 5.39. The average Bonchev–Trinajstić information content (AvgIpc) is 2.26. The number of rotatable bonds is 2. The largest absolute Gasteiger partial charge is 0.495 e. The van der Waals surface area contributed by atoms with Crippen molar-refractivity contribution in [2.24, 2.45) is 0 Å². The zero-order chi connectivity index (χ0) is 14.0. The van der Waals surface area contributed by atoms with Crippen molar-refractivity contribution in [2.75, 3.05) is 7.11 Å². The maximum absolute atomic E-state index is 12.1. The third kappa shape index (κ3) is 3.22. The van der Waals surface area contributed by atoms with Gasteiger partial charge >= 0.3 is 5.24 Å². The maximum Gasteiger partial charge on any atom is 0.341 e. The lowest BCUT2D eigenvalue weighted by Crippen LogP contribution is -2.43. The lowest BCUT2D eigenvalue weighted by atomic mass is 10.1. The van der Waals surface area contributed by atoms with E-state index in [0.29, 0.717) is 0 Å². The first kappa shape index (κ1) is 14.5. The first-order chi connectivity index (χ1) is 8.18. The summed E-state index contributed by atoms with van der Waals surface area (Å²) in [5.74, 6) is 0.154. The summed E-state index contributed by atoms with van der Waals surface area (Å²) in [5, 5.41) is 1.40. The van der Waals surface area contributed by atoms with Crippen LogP contribution in [-0.4, -0.2) is 26.3 Å². The summed E-state index contributed by atoms with van der Waals surface area (Å²) >= 11 is 0. The van der Waals surface area contributed by atoms with Crippen LogP contribution in [0.25, 0.3) is 0 Å². The Bertz CT molecular complexity index is 543. The Hall–Kier alpha value is -1.56. The molecular formula is C12H17NO4S. The van der Waals surface area contributed by atoms with E-state index in [0.717, 1.165) is 0 Å². The van der Waals surface area contributed by atoms with Crippen LogP contribution >= 0.6 is 0 Å². The molecule has 0 heterocycles. The average molecular weight is 271 g/mol. The van der Waals surface area contributed by atoms with Crippen LogP contribution in [0.3, 0.4) is 0 Å². The fourth-order valence-electron chi connectivity index (χ4n) is 1.31. The SMILES string of the molecule is COc1ccccc1S(=O)(=O)C(=O)NC(C)(C)C. The van der Waals surface area contributed by atoms with Gasteiger partial charge in [0.25, 0.3) is 9.84 Å². The molecule has 0 aromatic heterocycles. The van der Waals surface area contributed by atoms with Crippen molar-refractivity contribution in [3.05, 3.63) is 24.3 Å². The fraction of sp³-hybridized carbons (Fsp3) is 0.417. The van der Waals surface area contributed by atoms with Gasteiger partial charge in [0.05, 0.1) is 7.11 Å². The molecule has 0 aliphatic rings. The second kappa shape index (κ2) is 4.97. The number of sulfone groups is 1. The third-order valence-corrected chi connectivity index (χ3v) is 3.59. The van der Waals surface area contributed by atoms with Crippen molar-refractivity contribution in [3.8, 4) is 5.75 Å². The fourth-order valence-corrected chi connectivity index (χ4v) is 2.63. The molecule has 100 valence electrons. The summed E-state index contributed by atoms with van der Waals surface area (Å²) in [6.07, 6.45) is 0. The Morgan fingerprint density at radius 1 is 1.22 bits per heavy atom. The van der Waals surface area contributed by atoms with Gasteiger partial charge in [0.1, 0.15) is 10.6 Å². The van der Waals surface area contributed by atoms with Gasteiger partial charge in [-0.15, -0.1) is 0 Å². The number of carbonyl (C=O) groups excluding carboxylic acids is 1. The van der Waals surface area contributed by atoms with Gasteiger partial charge in [-0.3, -0.25) is 4.79 Å². The number of benzene rings is 1. The number of ether oxygens (including phenoxy) is 1. The molecule has 0 atom stereocenters. The van der Waals surface area contributed by atoms with Crippen LogP contribution in [0.2, 0.25) is 0 Å². The number of carbonyl (C=O) groups is 1. The van der Waals surface area contributed by atoms with Crippen LogP contribution in [0, 0.1) is 0 Å². The molecule has 6 heteroatoms.